The summed E-state index contributed by atoms with van der Waals surface area (Å²) in [4.78, 5) is 24.4. The van der Waals surface area contributed by atoms with Gasteiger partial charge in [-0.2, -0.15) is 15.0 Å². The molecule has 1 aliphatic heterocycles. The molecule has 0 unspecified atom stereocenters. The predicted molar refractivity (Wildman–Crippen MR) is 115 cm³/mol. The Morgan fingerprint density at radius 2 is 1.87 bits per heavy atom. The number of ether oxygens (including phenoxy) is 3. The molecule has 0 spiro atoms. The summed E-state index contributed by atoms with van der Waals surface area (Å²) < 4.78 is 16.5. The maximum Gasteiger partial charge on any atom is 0.331 e. The highest BCUT2D eigenvalue weighted by Crippen LogP contribution is 2.30. The molecule has 1 aromatic heterocycles. The first kappa shape index (κ1) is 20.1. The molecule has 9 nitrogen and oxygen atoms in total. The van der Waals surface area contributed by atoms with Crippen LogP contribution in [0, 0.1) is 0 Å². The number of aromatic nitrogens is 3. The molecule has 31 heavy (non-hydrogen) atoms. The fourth-order valence-corrected chi connectivity index (χ4v) is 2.84. The van der Waals surface area contributed by atoms with Crippen LogP contribution in [0.1, 0.15) is 17.8 Å². The van der Waals surface area contributed by atoms with Crippen molar-refractivity contribution in [3.8, 4) is 11.5 Å². The Labute approximate surface area is 178 Å². The maximum absolute atomic E-state index is 12.1. The number of nitrogens with two attached hydrogens (primary N) is 1. The second-order valence-electron chi connectivity index (χ2n) is 6.62. The number of hydrogen-bond acceptors (Lipinski definition) is 9. The highest BCUT2D eigenvalue weighted by Gasteiger charge is 2.10. The van der Waals surface area contributed by atoms with Crippen LogP contribution >= 0.6 is 0 Å². The van der Waals surface area contributed by atoms with Gasteiger partial charge in [-0.3, -0.25) is 0 Å². The first-order valence-electron chi connectivity index (χ1n) is 9.73. The number of esters is 1. The lowest BCUT2D eigenvalue weighted by atomic mass is 10.2. The Balaban J connectivity index is 1.36. The minimum absolute atomic E-state index is 0.0298. The van der Waals surface area contributed by atoms with Crippen LogP contribution in [0.5, 0.6) is 11.5 Å². The Bertz CT molecular complexity index is 1090. The smallest absolute Gasteiger partial charge is 0.331 e. The van der Waals surface area contributed by atoms with Crippen molar-refractivity contribution < 1.29 is 19.0 Å². The van der Waals surface area contributed by atoms with E-state index < -0.39 is 5.97 Å². The lowest BCUT2D eigenvalue weighted by molar-refractivity contribution is -0.139. The van der Waals surface area contributed by atoms with Crippen molar-refractivity contribution in [2.75, 3.05) is 24.3 Å². The summed E-state index contributed by atoms with van der Waals surface area (Å²) in [6, 6.07) is 14.9. The minimum Gasteiger partial charge on any atom is -0.490 e. The van der Waals surface area contributed by atoms with Crippen LogP contribution in [-0.2, 0) is 16.1 Å². The van der Waals surface area contributed by atoms with Gasteiger partial charge in [-0.15, -0.1) is 0 Å². The van der Waals surface area contributed by atoms with Gasteiger partial charge in [0.1, 0.15) is 0 Å². The number of carbonyl (C=O) groups is 1. The van der Waals surface area contributed by atoms with Crippen LogP contribution in [0.25, 0.3) is 6.08 Å². The van der Waals surface area contributed by atoms with E-state index in [1.807, 2.05) is 48.5 Å². The third-order valence-electron chi connectivity index (χ3n) is 4.26. The molecule has 1 aliphatic rings. The molecule has 0 atom stereocenters. The van der Waals surface area contributed by atoms with Crippen molar-refractivity contribution in [1.82, 2.24) is 15.0 Å². The number of nitrogens with one attached hydrogen (secondary N) is 1. The third kappa shape index (κ3) is 5.69. The number of hydrogen-bond donors (Lipinski definition) is 2. The first-order valence-corrected chi connectivity index (χ1v) is 9.73. The molecule has 9 heteroatoms. The summed E-state index contributed by atoms with van der Waals surface area (Å²) in [6.45, 7) is 1.08. The van der Waals surface area contributed by atoms with Crippen LogP contribution in [0.15, 0.2) is 54.6 Å². The molecule has 0 bridgehead atoms. The molecule has 0 radical (unpaired) electrons. The van der Waals surface area contributed by atoms with Crippen LogP contribution in [0.4, 0.5) is 17.6 Å². The number of nitrogen functional groups attached to an aromatic ring is 1. The summed E-state index contributed by atoms with van der Waals surface area (Å²) in [5.41, 5.74) is 7.33. The standard InChI is InChI=1S/C22H21N5O4/c23-21-25-19(26-22(27-21)24-16-5-2-1-3-6-16)14-31-20(28)10-8-15-7-9-17-18(13-15)30-12-4-11-29-17/h1-3,5-10,13H,4,11-12,14H2,(H3,23,24,25,26,27)/b10-8+. The van der Waals surface area contributed by atoms with E-state index in [0.717, 1.165) is 17.7 Å². The van der Waals surface area contributed by atoms with Crippen LogP contribution in [0.3, 0.4) is 0 Å². The van der Waals surface area contributed by atoms with Gasteiger partial charge >= 0.3 is 5.97 Å². The van der Waals surface area contributed by atoms with Crippen molar-refractivity contribution in [2.24, 2.45) is 0 Å². The molecule has 0 fully saturated rings. The Morgan fingerprint density at radius 3 is 2.71 bits per heavy atom. The van der Waals surface area contributed by atoms with Crippen molar-refractivity contribution in [1.29, 1.82) is 0 Å². The van der Waals surface area contributed by atoms with Gasteiger partial charge in [0.05, 0.1) is 13.2 Å². The normalized spacial score (nSPS) is 12.9. The first-order chi connectivity index (χ1) is 15.2. The molecular weight excluding hydrogens is 398 g/mol. The van der Waals surface area contributed by atoms with Crippen LogP contribution in [-0.4, -0.2) is 34.1 Å². The van der Waals surface area contributed by atoms with E-state index >= 15 is 0 Å². The van der Waals surface area contributed by atoms with Gasteiger partial charge in [-0.25, -0.2) is 4.79 Å². The van der Waals surface area contributed by atoms with Gasteiger partial charge < -0.3 is 25.3 Å². The summed E-state index contributed by atoms with van der Waals surface area (Å²) >= 11 is 0. The average Bonchev–Trinajstić information content (AvgIpc) is 3.01. The summed E-state index contributed by atoms with van der Waals surface area (Å²) in [5.74, 6) is 1.36. The molecule has 0 saturated heterocycles. The number of benzene rings is 2. The maximum atomic E-state index is 12.1. The Morgan fingerprint density at radius 1 is 1.06 bits per heavy atom. The van der Waals surface area contributed by atoms with Gasteiger partial charge in [0, 0.05) is 18.2 Å². The molecule has 2 heterocycles. The van der Waals surface area contributed by atoms with Gasteiger partial charge in [0.25, 0.3) is 0 Å². The van der Waals surface area contributed by atoms with E-state index in [1.54, 1.807) is 6.08 Å². The zero-order valence-corrected chi connectivity index (χ0v) is 16.7. The lowest BCUT2D eigenvalue weighted by Gasteiger charge is -2.08. The monoisotopic (exact) mass is 419 g/mol. The fourth-order valence-electron chi connectivity index (χ4n) is 2.84. The van der Waals surface area contributed by atoms with E-state index in [-0.39, 0.29) is 24.3 Å². The van der Waals surface area contributed by atoms with Crippen molar-refractivity contribution in [2.45, 2.75) is 13.0 Å². The number of carbonyl (C=O) groups excluding carboxylic acids is 1. The molecule has 4 rings (SSSR count). The molecule has 3 aromatic rings. The van der Waals surface area contributed by atoms with Gasteiger partial charge in [0.2, 0.25) is 11.9 Å². The Hall–Kier alpha value is -4.14. The number of para-hydroxylation sites is 1. The quantitative estimate of drug-likeness (QED) is 0.458. The van der Waals surface area contributed by atoms with Crippen LogP contribution in [0.2, 0.25) is 0 Å². The number of fused-ring (bicyclic) bond motifs is 1. The van der Waals surface area contributed by atoms with Crippen LogP contribution < -0.4 is 20.5 Å². The highest BCUT2D eigenvalue weighted by molar-refractivity contribution is 5.87. The molecule has 3 N–H and O–H groups in total. The van der Waals surface area contributed by atoms with Gasteiger partial charge in [-0.1, -0.05) is 24.3 Å². The molecule has 0 saturated carbocycles. The minimum atomic E-state index is -0.538. The summed E-state index contributed by atoms with van der Waals surface area (Å²) in [6.07, 6.45) is 3.80. The zero-order valence-electron chi connectivity index (χ0n) is 16.7. The van der Waals surface area contributed by atoms with Crippen molar-refractivity contribution >= 4 is 29.6 Å². The Kier molecular flexibility index (Phi) is 6.22. The van der Waals surface area contributed by atoms with E-state index in [4.69, 9.17) is 19.9 Å². The second-order valence-corrected chi connectivity index (χ2v) is 6.62. The highest BCUT2D eigenvalue weighted by atomic mass is 16.5. The van der Waals surface area contributed by atoms with Crippen molar-refractivity contribution in [3.63, 3.8) is 0 Å². The van der Waals surface area contributed by atoms with E-state index in [2.05, 4.69) is 20.3 Å². The number of anilines is 3. The fraction of sp³-hybridized carbons (Fsp3) is 0.182. The lowest BCUT2D eigenvalue weighted by Crippen LogP contribution is -2.10. The number of rotatable bonds is 6. The molecule has 2 aromatic carbocycles. The van der Waals surface area contributed by atoms with Gasteiger partial charge in [0.15, 0.2) is 23.9 Å². The SMILES string of the molecule is Nc1nc(COC(=O)/C=C/c2ccc3c(c2)OCCCO3)nc(Nc2ccccc2)n1. The molecular formula is C22H21N5O4. The van der Waals surface area contributed by atoms with E-state index in [1.165, 1.54) is 6.08 Å². The second kappa shape index (κ2) is 9.57. The largest absolute Gasteiger partial charge is 0.490 e. The molecule has 0 aliphatic carbocycles. The molecule has 158 valence electrons. The van der Waals surface area contributed by atoms with E-state index in [0.29, 0.717) is 24.7 Å². The third-order valence-corrected chi connectivity index (χ3v) is 4.26. The summed E-state index contributed by atoms with van der Waals surface area (Å²) in [7, 11) is 0. The zero-order chi connectivity index (χ0) is 21.5. The van der Waals surface area contributed by atoms with Crippen molar-refractivity contribution in [3.05, 3.63) is 66.0 Å². The predicted octanol–water partition coefficient (Wildman–Crippen LogP) is 3.12. The summed E-state index contributed by atoms with van der Waals surface area (Å²) in [5, 5.41) is 3.03. The topological polar surface area (TPSA) is 121 Å². The van der Waals surface area contributed by atoms with E-state index in [9.17, 15) is 4.79 Å². The van der Waals surface area contributed by atoms with Gasteiger partial charge in [-0.05, 0) is 35.9 Å². The molecule has 0 amide bonds. The number of nitrogens with zero attached hydrogens (tertiary/aromatic N) is 3. The average molecular weight is 419 g/mol.